The topological polar surface area (TPSA) is 56.7 Å². The van der Waals surface area contributed by atoms with Crippen LogP contribution in [0.4, 0.5) is 5.82 Å². The number of rotatable bonds is 1. The highest BCUT2D eigenvalue weighted by molar-refractivity contribution is 5.87. The molecule has 0 spiro atoms. The second-order valence-electron chi connectivity index (χ2n) is 5.97. The van der Waals surface area contributed by atoms with E-state index in [0.717, 1.165) is 16.7 Å². The van der Waals surface area contributed by atoms with Crippen molar-refractivity contribution < 1.29 is 0 Å². The Morgan fingerprint density at radius 1 is 1.05 bits per heavy atom. The fourth-order valence-electron chi connectivity index (χ4n) is 2.26. The zero-order valence-electron chi connectivity index (χ0n) is 12.0. The summed E-state index contributed by atoms with van der Waals surface area (Å²) >= 11 is 0. The first-order chi connectivity index (χ1) is 9.47. The van der Waals surface area contributed by atoms with Crippen molar-refractivity contribution in [2.75, 3.05) is 5.73 Å². The molecule has 2 N–H and O–H groups in total. The summed E-state index contributed by atoms with van der Waals surface area (Å²) in [6.07, 6.45) is 1.75. The van der Waals surface area contributed by atoms with E-state index in [1.807, 2.05) is 12.1 Å². The molecule has 3 aromatic rings. The lowest BCUT2D eigenvalue weighted by Gasteiger charge is -2.19. The molecule has 2 heterocycles. The van der Waals surface area contributed by atoms with Crippen molar-refractivity contribution in [3.8, 4) is 5.69 Å². The highest BCUT2D eigenvalue weighted by Crippen LogP contribution is 2.25. The molecule has 0 saturated carbocycles. The fraction of sp³-hybridized carbons (Fsp3) is 0.250. The van der Waals surface area contributed by atoms with E-state index >= 15 is 0 Å². The number of aromatic nitrogens is 3. The van der Waals surface area contributed by atoms with Gasteiger partial charge in [-0.25, -0.2) is 9.67 Å². The van der Waals surface area contributed by atoms with Crippen LogP contribution in [0.15, 0.2) is 42.6 Å². The molecule has 0 atom stereocenters. The largest absolute Gasteiger partial charge is 0.382 e. The van der Waals surface area contributed by atoms with Crippen LogP contribution < -0.4 is 5.73 Å². The van der Waals surface area contributed by atoms with Crippen LogP contribution in [-0.2, 0) is 5.41 Å². The van der Waals surface area contributed by atoms with Gasteiger partial charge in [0.05, 0.1) is 11.1 Å². The fourth-order valence-corrected chi connectivity index (χ4v) is 2.26. The van der Waals surface area contributed by atoms with Crippen LogP contribution in [-0.4, -0.2) is 14.8 Å². The van der Waals surface area contributed by atoms with E-state index in [0.29, 0.717) is 5.82 Å². The summed E-state index contributed by atoms with van der Waals surface area (Å²) in [4.78, 5) is 4.37. The Balaban J connectivity index is 2.12. The number of hydrogen-bond donors (Lipinski definition) is 1. The SMILES string of the molecule is CC(C)(C)c1ccc(-n2nc(N)c3cccnc32)cc1. The van der Waals surface area contributed by atoms with Crippen LogP contribution in [0.1, 0.15) is 26.3 Å². The number of nitrogens with two attached hydrogens (primary N) is 1. The van der Waals surface area contributed by atoms with Gasteiger partial charge in [-0.3, -0.25) is 0 Å². The lowest BCUT2D eigenvalue weighted by Crippen LogP contribution is -2.11. The molecule has 0 saturated heterocycles. The second-order valence-corrected chi connectivity index (χ2v) is 5.97. The Kier molecular flexibility index (Phi) is 2.74. The summed E-state index contributed by atoms with van der Waals surface area (Å²) in [7, 11) is 0. The predicted molar refractivity (Wildman–Crippen MR) is 82.0 cm³/mol. The smallest absolute Gasteiger partial charge is 0.165 e. The van der Waals surface area contributed by atoms with Crippen LogP contribution in [0.25, 0.3) is 16.7 Å². The third-order valence-electron chi connectivity index (χ3n) is 3.45. The number of benzene rings is 1. The van der Waals surface area contributed by atoms with Crippen molar-refractivity contribution in [3.63, 3.8) is 0 Å². The Morgan fingerprint density at radius 2 is 1.75 bits per heavy atom. The van der Waals surface area contributed by atoms with Gasteiger partial charge in [0.15, 0.2) is 11.5 Å². The Morgan fingerprint density at radius 3 is 2.40 bits per heavy atom. The summed E-state index contributed by atoms with van der Waals surface area (Å²) in [5.74, 6) is 0.507. The van der Waals surface area contributed by atoms with Crippen molar-refractivity contribution in [2.24, 2.45) is 0 Å². The Hall–Kier alpha value is -2.36. The van der Waals surface area contributed by atoms with Gasteiger partial charge in [-0.15, -0.1) is 5.10 Å². The quantitative estimate of drug-likeness (QED) is 0.735. The Labute approximate surface area is 118 Å². The summed E-state index contributed by atoms with van der Waals surface area (Å²) in [5, 5.41) is 5.27. The first kappa shape index (κ1) is 12.7. The molecule has 102 valence electrons. The molecule has 0 bridgehead atoms. The number of nitrogens with zero attached hydrogens (tertiary/aromatic N) is 3. The van der Waals surface area contributed by atoms with Crippen LogP contribution in [0.2, 0.25) is 0 Å². The minimum Gasteiger partial charge on any atom is -0.382 e. The third kappa shape index (κ3) is 2.03. The molecule has 0 aliphatic carbocycles. The number of anilines is 1. The van der Waals surface area contributed by atoms with Crippen LogP contribution in [0.5, 0.6) is 0 Å². The van der Waals surface area contributed by atoms with Crippen LogP contribution in [0, 0.1) is 0 Å². The molecule has 0 amide bonds. The van der Waals surface area contributed by atoms with Crippen molar-refractivity contribution in [2.45, 2.75) is 26.2 Å². The van der Waals surface area contributed by atoms with Gasteiger partial charge in [0, 0.05) is 6.20 Å². The molecular weight excluding hydrogens is 248 g/mol. The average molecular weight is 266 g/mol. The molecule has 3 rings (SSSR count). The van der Waals surface area contributed by atoms with Gasteiger partial charge >= 0.3 is 0 Å². The molecule has 0 unspecified atom stereocenters. The lowest BCUT2D eigenvalue weighted by molar-refractivity contribution is 0.590. The van der Waals surface area contributed by atoms with E-state index in [4.69, 9.17) is 5.73 Å². The van der Waals surface area contributed by atoms with Gasteiger partial charge in [0.2, 0.25) is 0 Å². The van der Waals surface area contributed by atoms with Crippen molar-refractivity contribution in [1.29, 1.82) is 0 Å². The molecule has 0 aliphatic heterocycles. The average Bonchev–Trinajstić information content (AvgIpc) is 2.76. The monoisotopic (exact) mass is 266 g/mol. The molecular formula is C16H18N4. The summed E-state index contributed by atoms with van der Waals surface area (Å²) in [5.41, 5.74) is 9.13. The van der Waals surface area contributed by atoms with Gasteiger partial charge in [0.1, 0.15) is 0 Å². The minimum atomic E-state index is 0.141. The third-order valence-corrected chi connectivity index (χ3v) is 3.45. The second kappa shape index (κ2) is 4.34. The van der Waals surface area contributed by atoms with Crippen molar-refractivity contribution in [1.82, 2.24) is 14.8 Å². The highest BCUT2D eigenvalue weighted by atomic mass is 15.3. The Bertz CT molecular complexity index is 748. The number of hydrogen-bond acceptors (Lipinski definition) is 3. The number of pyridine rings is 1. The summed E-state index contributed by atoms with van der Waals surface area (Å²) in [6.45, 7) is 6.60. The maximum Gasteiger partial charge on any atom is 0.165 e. The minimum absolute atomic E-state index is 0.141. The van der Waals surface area contributed by atoms with E-state index in [2.05, 4.69) is 55.1 Å². The predicted octanol–water partition coefficient (Wildman–Crippen LogP) is 3.30. The molecule has 4 heteroatoms. The zero-order chi connectivity index (χ0) is 14.3. The molecule has 1 aromatic carbocycles. The molecule has 0 aliphatic rings. The maximum atomic E-state index is 5.94. The molecule has 0 radical (unpaired) electrons. The summed E-state index contributed by atoms with van der Waals surface area (Å²) in [6, 6.07) is 12.2. The first-order valence-corrected chi connectivity index (χ1v) is 6.67. The van der Waals surface area contributed by atoms with Gasteiger partial charge in [0.25, 0.3) is 0 Å². The summed E-state index contributed by atoms with van der Waals surface area (Å²) < 4.78 is 1.79. The number of nitrogen functional groups attached to an aromatic ring is 1. The number of fused-ring (bicyclic) bond motifs is 1. The van der Waals surface area contributed by atoms with E-state index in [1.165, 1.54) is 5.56 Å². The lowest BCUT2D eigenvalue weighted by atomic mass is 9.87. The van der Waals surface area contributed by atoms with E-state index in [-0.39, 0.29) is 5.41 Å². The first-order valence-electron chi connectivity index (χ1n) is 6.67. The van der Waals surface area contributed by atoms with Gasteiger partial charge in [-0.05, 0) is 35.2 Å². The van der Waals surface area contributed by atoms with Gasteiger partial charge < -0.3 is 5.73 Å². The van der Waals surface area contributed by atoms with Crippen molar-refractivity contribution in [3.05, 3.63) is 48.2 Å². The zero-order valence-corrected chi connectivity index (χ0v) is 12.0. The molecule has 2 aromatic heterocycles. The molecule has 20 heavy (non-hydrogen) atoms. The normalized spacial score (nSPS) is 11.9. The highest BCUT2D eigenvalue weighted by Gasteiger charge is 2.14. The van der Waals surface area contributed by atoms with Gasteiger partial charge in [-0.2, -0.15) is 0 Å². The van der Waals surface area contributed by atoms with E-state index in [9.17, 15) is 0 Å². The standard InChI is InChI=1S/C16H18N4/c1-16(2,3)11-6-8-12(9-7-11)20-15-13(14(17)19-20)5-4-10-18-15/h4-10H,1-3H3,(H2,17,19). The molecule has 0 fully saturated rings. The van der Waals surface area contributed by atoms with E-state index < -0.39 is 0 Å². The van der Waals surface area contributed by atoms with E-state index in [1.54, 1.807) is 10.9 Å². The van der Waals surface area contributed by atoms with Crippen LogP contribution in [0.3, 0.4) is 0 Å². The maximum absolute atomic E-state index is 5.94. The van der Waals surface area contributed by atoms with Crippen LogP contribution >= 0.6 is 0 Å². The van der Waals surface area contributed by atoms with Gasteiger partial charge in [-0.1, -0.05) is 32.9 Å². The molecule has 4 nitrogen and oxygen atoms in total. The van der Waals surface area contributed by atoms with Crippen molar-refractivity contribution >= 4 is 16.9 Å².